The number of ketones is 1. The van der Waals surface area contributed by atoms with Crippen molar-refractivity contribution in [1.29, 1.82) is 0 Å². The van der Waals surface area contributed by atoms with Crippen molar-refractivity contribution in [3.8, 4) is 0 Å². The highest BCUT2D eigenvalue weighted by atomic mass is 19.1. The van der Waals surface area contributed by atoms with Crippen molar-refractivity contribution in [2.75, 3.05) is 13.1 Å². The van der Waals surface area contributed by atoms with Gasteiger partial charge in [-0.3, -0.25) is 14.5 Å². The van der Waals surface area contributed by atoms with Gasteiger partial charge in [-0.25, -0.2) is 8.78 Å². The Morgan fingerprint density at radius 1 is 1.15 bits per heavy atom. The second-order valence-electron chi connectivity index (χ2n) is 9.12. The van der Waals surface area contributed by atoms with Crippen molar-refractivity contribution in [3.63, 3.8) is 0 Å². The van der Waals surface area contributed by atoms with Crippen molar-refractivity contribution in [2.45, 2.75) is 86.6 Å². The van der Waals surface area contributed by atoms with Crippen LogP contribution in [0.4, 0.5) is 8.78 Å². The summed E-state index contributed by atoms with van der Waals surface area (Å²) >= 11 is 0. The number of primary amides is 1. The lowest BCUT2D eigenvalue weighted by Gasteiger charge is -2.51. The van der Waals surface area contributed by atoms with Gasteiger partial charge in [-0.2, -0.15) is 0 Å². The number of rotatable bonds is 10. The van der Waals surface area contributed by atoms with E-state index in [1.54, 1.807) is 6.92 Å². The Bertz CT molecular complexity index is 837. The molecule has 6 heteroatoms. The second-order valence-corrected chi connectivity index (χ2v) is 9.12. The summed E-state index contributed by atoms with van der Waals surface area (Å²) in [5.41, 5.74) is 6.51. The molecule has 1 fully saturated rings. The van der Waals surface area contributed by atoms with Crippen molar-refractivity contribution in [2.24, 2.45) is 11.1 Å². The third-order valence-electron chi connectivity index (χ3n) is 5.73. The first-order chi connectivity index (χ1) is 15.9. The first-order valence-electron chi connectivity index (χ1n) is 12.3. The first kappa shape index (κ1) is 31.7. The van der Waals surface area contributed by atoms with Gasteiger partial charge in [-0.1, -0.05) is 54.0 Å². The van der Waals surface area contributed by atoms with Crippen LogP contribution in [0, 0.1) is 17.0 Å². The molecule has 0 radical (unpaired) electrons. The topological polar surface area (TPSA) is 63.4 Å². The molecule has 34 heavy (non-hydrogen) atoms. The number of Topliss-reactive ketones (excluding diaryl/α,β-unsaturated/α-hetero) is 1. The SMILES string of the molecule is C=C(/C=C(\C)c1ccc(F)cc1F)C(C)=O.CC.CCCC(CCC)N1CC(C)(CC(N)=O)C1. The van der Waals surface area contributed by atoms with E-state index in [2.05, 4.69) is 32.3 Å². The number of hydrogen-bond donors (Lipinski definition) is 1. The summed E-state index contributed by atoms with van der Waals surface area (Å²) in [6.07, 6.45) is 7.06. The highest BCUT2D eigenvalue weighted by Gasteiger charge is 2.42. The Morgan fingerprint density at radius 2 is 1.68 bits per heavy atom. The van der Waals surface area contributed by atoms with Gasteiger partial charge in [0.05, 0.1) is 0 Å². The van der Waals surface area contributed by atoms with Gasteiger partial charge in [0.25, 0.3) is 0 Å². The fraction of sp³-hybridized carbons (Fsp3) is 0.571. The van der Waals surface area contributed by atoms with E-state index in [0.29, 0.717) is 17.6 Å². The fourth-order valence-electron chi connectivity index (χ4n) is 4.15. The molecule has 0 saturated carbocycles. The molecular weight excluding hydrogens is 434 g/mol. The predicted molar refractivity (Wildman–Crippen MR) is 138 cm³/mol. The van der Waals surface area contributed by atoms with E-state index in [0.717, 1.165) is 25.2 Å². The van der Waals surface area contributed by atoms with Gasteiger partial charge in [-0.15, -0.1) is 0 Å². The van der Waals surface area contributed by atoms with Crippen molar-refractivity contribution >= 4 is 17.3 Å². The summed E-state index contributed by atoms with van der Waals surface area (Å²) in [6, 6.07) is 4.04. The number of amides is 1. The molecule has 1 aromatic rings. The molecule has 192 valence electrons. The lowest BCUT2D eigenvalue weighted by Crippen LogP contribution is -2.59. The maximum Gasteiger partial charge on any atom is 0.218 e. The zero-order chi connectivity index (χ0) is 26.5. The van der Waals surface area contributed by atoms with Crippen molar-refractivity contribution in [1.82, 2.24) is 4.90 Å². The molecule has 0 aliphatic carbocycles. The Morgan fingerprint density at radius 3 is 2.09 bits per heavy atom. The molecule has 2 rings (SSSR count). The monoisotopic (exact) mass is 478 g/mol. The molecule has 1 aromatic carbocycles. The third kappa shape index (κ3) is 10.7. The molecule has 0 unspecified atom stereocenters. The van der Waals surface area contributed by atoms with E-state index in [-0.39, 0.29) is 22.7 Å². The Balaban J connectivity index is 0.000000597. The first-order valence-corrected chi connectivity index (χ1v) is 12.3. The number of nitrogens with two attached hydrogens (primary N) is 1. The Kier molecular flexibility index (Phi) is 14.5. The van der Waals surface area contributed by atoms with Gasteiger partial charge in [0, 0.05) is 48.2 Å². The number of allylic oxidation sites excluding steroid dienone is 3. The molecule has 4 nitrogen and oxygen atoms in total. The van der Waals surface area contributed by atoms with Crippen LogP contribution < -0.4 is 5.73 Å². The van der Waals surface area contributed by atoms with Crippen LogP contribution in [-0.2, 0) is 9.59 Å². The lowest BCUT2D eigenvalue weighted by molar-refractivity contribution is -0.124. The second kappa shape index (κ2) is 15.5. The summed E-state index contributed by atoms with van der Waals surface area (Å²) in [5.74, 6) is -1.61. The van der Waals surface area contributed by atoms with E-state index in [1.807, 2.05) is 13.8 Å². The average molecular weight is 479 g/mol. The van der Waals surface area contributed by atoms with Crippen molar-refractivity contribution < 1.29 is 18.4 Å². The molecule has 0 atom stereocenters. The van der Waals surface area contributed by atoms with Crippen LogP contribution in [0.2, 0.25) is 0 Å². The highest BCUT2D eigenvalue weighted by Crippen LogP contribution is 2.36. The van der Waals surface area contributed by atoms with Gasteiger partial charge in [-0.05, 0) is 50.5 Å². The summed E-state index contributed by atoms with van der Waals surface area (Å²) in [5, 5.41) is 0. The van der Waals surface area contributed by atoms with Crippen LogP contribution in [0.5, 0.6) is 0 Å². The molecule has 0 bridgehead atoms. The highest BCUT2D eigenvalue weighted by molar-refractivity contribution is 5.97. The molecule has 0 spiro atoms. The van der Waals surface area contributed by atoms with Gasteiger partial charge in [0.2, 0.25) is 5.91 Å². The normalized spacial score (nSPS) is 14.8. The zero-order valence-corrected chi connectivity index (χ0v) is 22.1. The summed E-state index contributed by atoms with van der Waals surface area (Å²) in [7, 11) is 0. The number of benzene rings is 1. The average Bonchev–Trinajstić information content (AvgIpc) is 2.73. The maximum absolute atomic E-state index is 13.4. The molecule has 0 aromatic heterocycles. The van der Waals surface area contributed by atoms with Crippen LogP contribution in [0.25, 0.3) is 5.57 Å². The largest absolute Gasteiger partial charge is 0.370 e. The zero-order valence-electron chi connectivity index (χ0n) is 22.1. The smallest absolute Gasteiger partial charge is 0.218 e. The van der Waals surface area contributed by atoms with Gasteiger partial charge < -0.3 is 5.73 Å². The van der Waals surface area contributed by atoms with Crippen LogP contribution in [-0.4, -0.2) is 35.7 Å². The summed E-state index contributed by atoms with van der Waals surface area (Å²) in [6.45, 7) is 19.3. The quantitative estimate of drug-likeness (QED) is 0.301. The number of nitrogens with zero attached hydrogens (tertiary/aromatic N) is 1. The fourth-order valence-corrected chi connectivity index (χ4v) is 4.15. The molecule has 1 aliphatic heterocycles. The molecule has 1 aliphatic rings. The van der Waals surface area contributed by atoms with Crippen molar-refractivity contribution in [3.05, 3.63) is 53.6 Å². The molecular formula is C28H44F2N2O2. The lowest BCUT2D eigenvalue weighted by atomic mass is 9.77. The van der Waals surface area contributed by atoms with Crippen LogP contribution in [0.15, 0.2) is 36.4 Å². The predicted octanol–water partition coefficient (Wildman–Crippen LogP) is 6.69. The molecule has 1 amide bonds. The minimum Gasteiger partial charge on any atom is -0.370 e. The molecule has 1 heterocycles. The summed E-state index contributed by atoms with van der Waals surface area (Å²) in [4.78, 5) is 24.4. The number of likely N-dealkylation sites (tertiary alicyclic amines) is 1. The Hall–Kier alpha value is -2.34. The number of carbonyl (C=O) groups is 2. The number of hydrogen-bond acceptors (Lipinski definition) is 3. The van der Waals surface area contributed by atoms with Crippen LogP contribution in [0.3, 0.4) is 0 Å². The van der Waals surface area contributed by atoms with E-state index in [1.165, 1.54) is 50.8 Å². The molecule has 1 saturated heterocycles. The number of carbonyl (C=O) groups excluding carboxylic acids is 2. The van der Waals surface area contributed by atoms with E-state index >= 15 is 0 Å². The van der Waals surface area contributed by atoms with E-state index in [4.69, 9.17) is 5.73 Å². The van der Waals surface area contributed by atoms with E-state index in [9.17, 15) is 18.4 Å². The minimum atomic E-state index is -0.648. The van der Waals surface area contributed by atoms with Gasteiger partial charge in [0.1, 0.15) is 11.6 Å². The maximum atomic E-state index is 13.4. The van der Waals surface area contributed by atoms with E-state index < -0.39 is 11.6 Å². The minimum absolute atomic E-state index is 0.144. The third-order valence-corrected chi connectivity index (χ3v) is 5.73. The van der Waals surface area contributed by atoms with Gasteiger partial charge >= 0.3 is 0 Å². The van der Waals surface area contributed by atoms with Crippen LogP contribution in [0.1, 0.15) is 86.1 Å². The summed E-state index contributed by atoms with van der Waals surface area (Å²) < 4.78 is 26.0. The standard InChI is InChI=1S/C13H12F2O.C13H26N2O.C2H6/c1-8(10(3)16)6-9(2)12-5-4-11(14)7-13(12)15;1-4-6-11(7-5-2)15-9-13(3,10-15)8-12(14)16;1-2/h4-7H,1H2,2-3H3;11H,4-10H2,1-3H3,(H2,14,16);1-2H3/b9-6+;;. The Labute approximate surface area is 205 Å². The van der Waals surface area contributed by atoms with Gasteiger partial charge in [0.15, 0.2) is 5.78 Å². The molecule has 2 N–H and O–H groups in total. The number of halogens is 2. The van der Waals surface area contributed by atoms with Crippen LogP contribution >= 0.6 is 0 Å².